The lowest BCUT2D eigenvalue weighted by molar-refractivity contribution is -0.137. The molecule has 0 atom stereocenters. The third-order valence-electron chi connectivity index (χ3n) is 3.35. The van der Waals surface area contributed by atoms with Gasteiger partial charge >= 0.3 is 6.18 Å². The Bertz CT molecular complexity index is 732. The molecule has 0 aliphatic rings. The molecule has 2 rings (SSSR count). The molecule has 1 heterocycles. The van der Waals surface area contributed by atoms with Crippen molar-refractivity contribution in [3.05, 3.63) is 59.7 Å². The molecule has 0 fully saturated rings. The fourth-order valence-electron chi connectivity index (χ4n) is 2.13. The predicted molar refractivity (Wildman–Crippen MR) is 80.1 cm³/mol. The third kappa shape index (κ3) is 4.21. The minimum atomic E-state index is -4.46. The first-order valence-electron chi connectivity index (χ1n) is 6.88. The van der Waals surface area contributed by atoms with Crippen LogP contribution in [-0.4, -0.2) is 15.5 Å². The molecule has 0 unspecified atom stereocenters. The second kappa shape index (κ2) is 6.68. The number of nitrogens with one attached hydrogen (secondary N) is 1. The highest BCUT2D eigenvalue weighted by atomic mass is 19.4. The fourth-order valence-corrected chi connectivity index (χ4v) is 2.13. The Kier molecular flexibility index (Phi) is 4.88. The first kappa shape index (κ1) is 16.8. The lowest BCUT2D eigenvalue weighted by Crippen LogP contribution is -2.22. The van der Waals surface area contributed by atoms with E-state index in [1.165, 1.54) is 25.1 Å². The first-order valence-corrected chi connectivity index (χ1v) is 6.88. The van der Waals surface area contributed by atoms with E-state index in [1.807, 2.05) is 0 Å². The van der Waals surface area contributed by atoms with Crippen LogP contribution < -0.4 is 5.32 Å². The van der Waals surface area contributed by atoms with Crippen LogP contribution in [0.4, 0.5) is 13.2 Å². The molecular formula is C16H16F3N3O. The van der Waals surface area contributed by atoms with E-state index in [-0.39, 0.29) is 17.7 Å². The van der Waals surface area contributed by atoms with E-state index in [4.69, 9.17) is 0 Å². The molecule has 1 amide bonds. The molecule has 23 heavy (non-hydrogen) atoms. The van der Waals surface area contributed by atoms with E-state index >= 15 is 0 Å². The normalized spacial score (nSPS) is 12.3. The van der Waals surface area contributed by atoms with Crippen LogP contribution >= 0.6 is 0 Å². The summed E-state index contributed by atoms with van der Waals surface area (Å²) in [5.41, 5.74) is -0.520. The fraction of sp³-hybridized carbons (Fsp3) is 0.250. The van der Waals surface area contributed by atoms with Crippen LogP contribution in [0.25, 0.3) is 5.57 Å². The zero-order chi connectivity index (χ0) is 17.0. The zero-order valence-corrected chi connectivity index (χ0v) is 12.7. The average molecular weight is 323 g/mol. The number of aryl methyl sites for hydroxylation is 1. The highest BCUT2D eigenvalue weighted by molar-refractivity contribution is 5.95. The molecule has 7 heteroatoms. The van der Waals surface area contributed by atoms with Gasteiger partial charge in [-0.15, -0.1) is 0 Å². The second-order valence-electron chi connectivity index (χ2n) is 5.04. The molecule has 0 radical (unpaired) electrons. The van der Waals surface area contributed by atoms with Gasteiger partial charge in [-0.25, -0.2) is 4.98 Å². The highest BCUT2D eigenvalue weighted by Gasteiger charge is 2.33. The van der Waals surface area contributed by atoms with Gasteiger partial charge in [0.25, 0.3) is 0 Å². The molecule has 0 spiro atoms. The molecule has 0 saturated carbocycles. The second-order valence-corrected chi connectivity index (χ2v) is 5.04. The van der Waals surface area contributed by atoms with Crippen molar-refractivity contribution in [2.45, 2.75) is 19.6 Å². The van der Waals surface area contributed by atoms with Gasteiger partial charge in [-0.3, -0.25) is 4.79 Å². The molecule has 4 nitrogen and oxygen atoms in total. The quantitative estimate of drug-likeness (QED) is 0.879. The standard InChI is InChI=1S/C16H16F3N3O/c1-11(12-5-3-4-6-13(12)16(17,18)19)9-15(23)21-10-14-20-7-8-22(14)2/h3-9H,10H2,1-2H3,(H,21,23)/b11-9-. The number of alkyl halides is 3. The molecule has 0 aliphatic carbocycles. The van der Waals surface area contributed by atoms with E-state index in [0.717, 1.165) is 12.1 Å². The van der Waals surface area contributed by atoms with Gasteiger partial charge in [0, 0.05) is 25.5 Å². The highest BCUT2D eigenvalue weighted by Crippen LogP contribution is 2.34. The number of amides is 1. The Balaban J connectivity index is 2.13. The van der Waals surface area contributed by atoms with Crippen LogP contribution in [0.15, 0.2) is 42.7 Å². The van der Waals surface area contributed by atoms with Gasteiger partial charge in [-0.2, -0.15) is 13.2 Å². The number of imidazole rings is 1. The van der Waals surface area contributed by atoms with Gasteiger partial charge in [0.1, 0.15) is 5.82 Å². The molecule has 1 N–H and O–H groups in total. The number of benzene rings is 1. The van der Waals surface area contributed by atoms with Gasteiger partial charge < -0.3 is 9.88 Å². The number of allylic oxidation sites excluding steroid dienone is 1. The van der Waals surface area contributed by atoms with E-state index in [1.54, 1.807) is 24.0 Å². The Morgan fingerprint density at radius 1 is 1.35 bits per heavy atom. The van der Waals surface area contributed by atoms with Crippen LogP contribution in [0.2, 0.25) is 0 Å². The van der Waals surface area contributed by atoms with Crippen LogP contribution in [-0.2, 0) is 24.6 Å². The maximum atomic E-state index is 13.0. The minimum absolute atomic E-state index is 0.00728. The van der Waals surface area contributed by atoms with Crippen molar-refractivity contribution in [2.75, 3.05) is 0 Å². The molecule has 0 bridgehead atoms. The van der Waals surface area contributed by atoms with Crippen molar-refractivity contribution >= 4 is 11.5 Å². The third-order valence-corrected chi connectivity index (χ3v) is 3.35. The van der Waals surface area contributed by atoms with E-state index in [2.05, 4.69) is 10.3 Å². The van der Waals surface area contributed by atoms with E-state index < -0.39 is 17.6 Å². The summed E-state index contributed by atoms with van der Waals surface area (Å²) in [5.74, 6) is 0.183. The van der Waals surface area contributed by atoms with Gasteiger partial charge in [-0.1, -0.05) is 18.2 Å². The Morgan fingerprint density at radius 3 is 2.65 bits per heavy atom. The van der Waals surface area contributed by atoms with Crippen molar-refractivity contribution in [1.29, 1.82) is 0 Å². The first-order chi connectivity index (χ1) is 10.8. The summed E-state index contributed by atoms with van der Waals surface area (Å²) in [6.45, 7) is 1.68. The summed E-state index contributed by atoms with van der Waals surface area (Å²) < 4.78 is 40.7. The van der Waals surface area contributed by atoms with Gasteiger partial charge in [-0.05, 0) is 24.1 Å². The number of carbonyl (C=O) groups excluding carboxylic acids is 1. The van der Waals surface area contributed by atoms with Crippen molar-refractivity contribution in [3.8, 4) is 0 Å². The Labute approximate surface area is 131 Å². The molecule has 0 aliphatic heterocycles. The summed E-state index contributed by atoms with van der Waals surface area (Å²) in [6.07, 6.45) is 0.0347. The number of rotatable bonds is 4. The maximum absolute atomic E-state index is 13.0. The SMILES string of the molecule is C/C(=C/C(=O)NCc1nccn1C)c1ccccc1C(F)(F)F. The van der Waals surface area contributed by atoms with Crippen molar-refractivity contribution in [1.82, 2.24) is 14.9 Å². The van der Waals surface area contributed by atoms with Crippen LogP contribution in [0.1, 0.15) is 23.9 Å². The van der Waals surface area contributed by atoms with E-state index in [0.29, 0.717) is 5.82 Å². The largest absolute Gasteiger partial charge is 0.416 e. The number of aromatic nitrogens is 2. The monoisotopic (exact) mass is 323 g/mol. The van der Waals surface area contributed by atoms with Gasteiger partial charge in [0.05, 0.1) is 12.1 Å². The topological polar surface area (TPSA) is 46.9 Å². The Hall–Kier alpha value is -2.57. The summed E-state index contributed by atoms with van der Waals surface area (Å²) in [6, 6.07) is 5.17. The predicted octanol–water partition coefficient (Wildman–Crippen LogP) is 3.16. The number of hydrogen-bond acceptors (Lipinski definition) is 2. The van der Waals surface area contributed by atoms with Crippen LogP contribution in [0.3, 0.4) is 0 Å². The molecule has 1 aromatic heterocycles. The molecule has 1 aromatic carbocycles. The summed E-state index contributed by atoms with van der Waals surface area (Å²) in [7, 11) is 1.79. The molecule has 2 aromatic rings. The van der Waals surface area contributed by atoms with Gasteiger partial charge in [0.15, 0.2) is 0 Å². The number of halogens is 3. The van der Waals surface area contributed by atoms with Crippen LogP contribution in [0.5, 0.6) is 0 Å². The van der Waals surface area contributed by atoms with Crippen molar-refractivity contribution in [2.24, 2.45) is 7.05 Å². The Morgan fingerprint density at radius 2 is 2.04 bits per heavy atom. The number of hydrogen-bond donors (Lipinski definition) is 1. The lowest BCUT2D eigenvalue weighted by atomic mass is 10.00. The molecular weight excluding hydrogens is 307 g/mol. The number of nitrogens with zero attached hydrogens (tertiary/aromatic N) is 2. The summed E-state index contributed by atoms with van der Waals surface area (Å²) >= 11 is 0. The lowest BCUT2D eigenvalue weighted by Gasteiger charge is -2.13. The van der Waals surface area contributed by atoms with Gasteiger partial charge in [0.2, 0.25) is 5.91 Å². The van der Waals surface area contributed by atoms with Crippen molar-refractivity contribution in [3.63, 3.8) is 0 Å². The number of carbonyl (C=O) groups is 1. The summed E-state index contributed by atoms with van der Waals surface area (Å²) in [4.78, 5) is 15.9. The minimum Gasteiger partial charge on any atom is -0.345 e. The smallest absolute Gasteiger partial charge is 0.345 e. The maximum Gasteiger partial charge on any atom is 0.416 e. The average Bonchev–Trinajstić information content (AvgIpc) is 2.89. The molecule has 0 saturated heterocycles. The van der Waals surface area contributed by atoms with E-state index in [9.17, 15) is 18.0 Å². The van der Waals surface area contributed by atoms with Crippen molar-refractivity contribution < 1.29 is 18.0 Å². The molecule has 122 valence electrons. The zero-order valence-electron chi connectivity index (χ0n) is 12.7. The van der Waals surface area contributed by atoms with Crippen LogP contribution in [0, 0.1) is 0 Å². The summed E-state index contributed by atoms with van der Waals surface area (Å²) in [5, 5.41) is 2.60.